The van der Waals surface area contributed by atoms with Gasteiger partial charge in [0.1, 0.15) is 0 Å². The number of benzene rings is 1. The SMILES string of the molecule is CCOC1(C(N)c2ccc(C)cc2)CCOCC1. The number of nitrogens with two attached hydrogens (primary N) is 1. The Morgan fingerprint density at radius 3 is 2.44 bits per heavy atom. The number of hydrogen-bond donors (Lipinski definition) is 1. The zero-order chi connectivity index (χ0) is 13.0. The highest BCUT2D eigenvalue weighted by atomic mass is 16.5. The quantitative estimate of drug-likeness (QED) is 0.892. The molecule has 1 unspecified atom stereocenters. The zero-order valence-corrected chi connectivity index (χ0v) is 11.3. The van der Waals surface area contributed by atoms with Crippen molar-refractivity contribution in [2.75, 3.05) is 19.8 Å². The predicted octanol–water partition coefficient (Wildman–Crippen LogP) is 2.58. The molecule has 1 aliphatic rings. The van der Waals surface area contributed by atoms with Gasteiger partial charge in [-0.15, -0.1) is 0 Å². The van der Waals surface area contributed by atoms with E-state index in [0.717, 1.165) is 31.6 Å². The Hall–Kier alpha value is -0.900. The minimum Gasteiger partial charge on any atom is -0.381 e. The molecule has 1 fully saturated rings. The summed E-state index contributed by atoms with van der Waals surface area (Å²) in [6, 6.07) is 8.34. The number of aryl methyl sites for hydroxylation is 1. The largest absolute Gasteiger partial charge is 0.381 e. The first-order chi connectivity index (χ1) is 8.68. The van der Waals surface area contributed by atoms with Crippen LogP contribution in [0.5, 0.6) is 0 Å². The molecule has 0 saturated carbocycles. The van der Waals surface area contributed by atoms with Crippen LogP contribution < -0.4 is 5.73 Å². The first kappa shape index (κ1) is 13.5. The fourth-order valence-corrected chi connectivity index (χ4v) is 2.63. The van der Waals surface area contributed by atoms with Crippen LogP contribution in [0.25, 0.3) is 0 Å². The van der Waals surface area contributed by atoms with Crippen LogP contribution >= 0.6 is 0 Å². The van der Waals surface area contributed by atoms with Gasteiger partial charge >= 0.3 is 0 Å². The third kappa shape index (κ3) is 2.74. The van der Waals surface area contributed by atoms with E-state index in [2.05, 4.69) is 31.2 Å². The lowest BCUT2D eigenvalue weighted by atomic mass is 9.82. The van der Waals surface area contributed by atoms with Gasteiger partial charge in [-0.25, -0.2) is 0 Å². The molecule has 1 aromatic rings. The van der Waals surface area contributed by atoms with Crippen molar-refractivity contribution in [2.24, 2.45) is 5.73 Å². The third-order valence-electron chi connectivity index (χ3n) is 3.77. The van der Waals surface area contributed by atoms with Crippen LogP contribution in [0.3, 0.4) is 0 Å². The van der Waals surface area contributed by atoms with Crippen molar-refractivity contribution < 1.29 is 9.47 Å². The van der Waals surface area contributed by atoms with E-state index in [1.54, 1.807) is 0 Å². The van der Waals surface area contributed by atoms with Gasteiger partial charge in [-0.2, -0.15) is 0 Å². The molecule has 3 heteroatoms. The van der Waals surface area contributed by atoms with Gasteiger partial charge in [0, 0.05) is 32.7 Å². The second-order valence-corrected chi connectivity index (χ2v) is 5.00. The summed E-state index contributed by atoms with van der Waals surface area (Å²) in [5, 5.41) is 0. The fourth-order valence-electron chi connectivity index (χ4n) is 2.63. The van der Waals surface area contributed by atoms with Crippen molar-refractivity contribution in [2.45, 2.75) is 38.3 Å². The standard InChI is InChI=1S/C15H23NO2/c1-3-18-15(8-10-17-11-9-15)14(16)13-6-4-12(2)5-7-13/h4-7,14H,3,8-11,16H2,1-2H3. The summed E-state index contributed by atoms with van der Waals surface area (Å²) < 4.78 is 11.5. The van der Waals surface area contributed by atoms with E-state index < -0.39 is 0 Å². The molecule has 0 radical (unpaired) electrons. The van der Waals surface area contributed by atoms with Crippen molar-refractivity contribution in [3.05, 3.63) is 35.4 Å². The molecule has 0 spiro atoms. The first-order valence-electron chi connectivity index (χ1n) is 6.72. The van der Waals surface area contributed by atoms with Gasteiger partial charge in [-0.1, -0.05) is 29.8 Å². The van der Waals surface area contributed by atoms with E-state index in [9.17, 15) is 0 Å². The number of ether oxygens (including phenoxy) is 2. The Kier molecular flexibility index (Phi) is 4.38. The van der Waals surface area contributed by atoms with Crippen LogP contribution in [0.4, 0.5) is 0 Å². The molecular formula is C15H23NO2. The zero-order valence-electron chi connectivity index (χ0n) is 11.3. The van der Waals surface area contributed by atoms with E-state index in [1.165, 1.54) is 5.56 Å². The molecule has 1 heterocycles. The first-order valence-corrected chi connectivity index (χ1v) is 6.72. The molecule has 3 nitrogen and oxygen atoms in total. The van der Waals surface area contributed by atoms with E-state index >= 15 is 0 Å². The van der Waals surface area contributed by atoms with Crippen molar-refractivity contribution in [3.63, 3.8) is 0 Å². The van der Waals surface area contributed by atoms with E-state index in [1.807, 2.05) is 6.92 Å². The molecule has 1 saturated heterocycles. The maximum absolute atomic E-state index is 6.46. The molecule has 1 aliphatic heterocycles. The van der Waals surface area contributed by atoms with Gasteiger partial charge < -0.3 is 15.2 Å². The Labute approximate surface area is 109 Å². The van der Waals surface area contributed by atoms with Gasteiger partial charge in [0.25, 0.3) is 0 Å². The Bertz CT molecular complexity index is 363. The maximum Gasteiger partial charge on any atom is 0.0917 e. The lowest BCUT2D eigenvalue weighted by Gasteiger charge is -2.41. The van der Waals surface area contributed by atoms with Gasteiger partial charge in [0.15, 0.2) is 0 Å². The van der Waals surface area contributed by atoms with Crippen molar-refractivity contribution in [1.29, 1.82) is 0 Å². The second-order valence-electron chi connectivity index (χ2n) is 5.00. The third-order valence-corrected chi connectivity index (χ3v) is 3.77. The van der Waals surface area contributed by atoms with Crippen LogP contribution in [0.1, 0.15) is 36.9 Å². The molecule has 0 aliphatic carbocycles. The van der Waals surface area contributed by atoms with Crippen molar-refractivity contribution in [1.82, 2.24) is 0 Å². The summed E-state index contributed by atoms with van der Waals surface area (Å²) in [5.41, 5.74) is 8.60. The molecule has 0 amide bonds. The maximum atomic E-state index is 6.46. The van der Waals surface area contributed by atoms with Crippen LogP contribution in [0, 0.1) is 6.92 Å². The lowest BCUT2D eigenvalue weighted by molar-refractivity contribution is -0.121. The topological polar surface area (TPSA) is 44.5 Å². The minimum absolute atomic E-state index is 0.0815. The number of hydrogen-bond acceptors (Lipinski definition) is 3. The van der Waals surface area contributed by atoms with Crippen LogP contribution in [-0.2, 0) is 9.47 Å². The molecule has 2 N–H and O–H groups in total. The average molecular weight is 249 g/mol. The monoisotopic (exact) mass is 249 g/mol. The Morgan fingerprint density at radius 2 is 1.89 bits per heavy atom. The summed E-state index contributed by atoms with van der Waals surface area (Å²) >= 11 is 0. The molecule has 0 bridgehead atoms. The van der Waals surface area contributed by atoms with E-state index in [4.69, 9.17) is 15.2 Å². The van der Waals surface area contributed by atoms with Crippen molar-refractivity contribution >= 4 is 0 Å². The van der Waals surface area contributed by atoms with Gasteiger partial charge in [0.05, 0.1) is 11.6 Å². The Balaban J connectivity index is 2.21. The molecule has 2 rings (SSSR count). The molecule has 1 aromatic carbocycles. The summed E-state index contributed by atoms with van der Waals surface area (Å²) in [7, 11) is 0. The summed E-state index contributed by atoms with van der Waals surface area (Å²) in [6.07, 6.45) is 1.74. The number of rotatable bonds is 4. The smallest absolute Gasteiger partial charge is 0.0917 e. The normalized spacial score (nSPS) is 20.6. The van der Waals surface area contributed by atoms with Crippen LogP contribution in [0.15, 0.2) is 24.3 Å². The predicted molar refractivity (Wildman–Crippen MR) is 72.5 cm³/mol. The fraction of sp³-hybridized carbons (Fsp3) is 0.600. The van der Waals surface area contributed by atoms with Gasteiger partial charge in [0.2, 0.25) is 0 Å². The minimum atomic E-state index is -0.262. The molecule has 1 atom stereocenters. The van der Waals surface area contributed by atoms with Crippen LogP contribution in [0.2, 0.25) is 0 Å². The lowest BCUT2D eigenvalue weighted by Crippen LogP contribution is -2.48. The van der Waals surface area contributed by atoms with Gasteiger partial charge in [-0.3, -0.25) is 0 Å². The molecule has 100 valence electrons. The second kappa shape index (κ2) is 5.83. The summed E-state index contributed by atoms with van der Waals surface area (Å²) in [4.78, 5) is 0. The highest BCUT2D eigenvalue weighted by molar-refractivity contribution is 5.26. The highest BCUT2D eigenvalue weighted by Crippen LogP contribution is 2.36. The van der Waals surface area contributed by atoms with E-state index in [0.29, 0.717) is 6.61 Å². The molecular weight excluding hydrogens is 226 g/mol. The van der Waals surface area contributed by atoms with Crippen molar-refractivity contribution in [3.8, 4) is 0 Å². The summed E-state index contributed by atoms with van der Waals surface area (Å²) in [6.45, 7) is 6.28. The highest BCUT2D eigenvalue weighted by Gasteiger charge is 2.39. The average Bonchev–Trinajstić information content (AvgIpc) is 2.40. The Morgan fingerprint density at radius 1 is 1.28 bits per heavy atom. The molecule has 18 heavy (non-hydrogen) atoms. The van der Waals surface area contributed by atoms with Gasteiger partial charge in [-0.05, 0) is 19.4 Å². The molecule has 0 aromatic heterocycles. The van der Waals surface area contributed by atoms with Crippen LogP contribution in [-0.4, -0.2) is 25.4 Å². The summed E-state index contributed by atoms with van der Waals surface area (Å²) in [5.74, 6) is 0. The van der Waals surface area contributed by atoms with E-state index in [-0.39, 0.29) is 11.6 Å².